The molecule has 0 atom stereocenters. The number of imide groups is 2. The number of benzene rings is 3. The quantitative estimate of drug-likeness (QED) is 0.382. The molecule has 0 unspecified atom stereocenters. The maximum absolute atomic E-state index is 13.7. The van der Waals surface area contributed by atoms with Gasteiger partial charge in [-0.25, -0.2) is 14.1 Å². The van der Waals surface area contributed by atoms with Gasteiger partial charge >= 0.3 is 6.03 Å². The zero-order chi connectivity index (χ0) is 23.5. The molecule has 0 aliphatic carbocycles. The summed E-state index contributed by atoms with van der Waals surface area (Å²) in [5.41, 5.74) is 2.28. The van der Waals surface area contributed by atoms with Crippen LogP contribution < -0.4 is 15.0 Å². The van der Waals surface area contributed by atoms with Crippen LogP contribution in [0.25, 0.3) is 6.08 Å². The van der Waals surface area contributed by atoms with E-state index < -0.39 is 23.7 Å². The predicted molar refractivity (Wildman–Crippen MR) is 125 cm³/mol. The van der Waals surface area contributed by atoms with Crippen LogP contribution in [0.2, 0.25) is 0 Å². The molecule has 1 aliphatic rings. The number of rotatable bonds is 5. The number of carbonyl (C=O) groups is 3. The highest BCUT2D eigenvalue weighted by molar-refractivity contribution is 9.10. The van der Waals surface area contributed by atoms with Gasteiger partial charge in [0.2, 0.25) is 0 Å². The predicted octanol–water partition coefficient (Wildman–Crippen LogP) is 5.14. The lowest BCUT2D eigenvalue weighted by Crippen LogP contribution is -2.54. The van der Waals surface area contributed by atoms with Gasteiger partial charge in [-0.15, -0.1) is 0 Å². The summed E-state index contributed by atoms with van der Waals surface area (Å²) < 4.78 is 20.3. The molecule has 3 aromatic carbocycles. The number of nitrogens with zero attached hydrogens (tertiary/aromatic N) is 1. The summed E-state index contributed by atoms with van der Waals surface area (Å²) in [5, 5.41) is 2.13. The lowest BCUT2D eigenvalue weighted by Gasteiger charge is -2.26. The third-order valence-corrected chi connectivity index (χ3v) is 5.45. The fourth-order valence-electron chi connectivity index (χ4n) is 3.27. The van der Waals surface area contributed by atoms with E-state index in [0.717, 1.165) is 22.1 Å². The van der Waals surface area contributed by atoms with Gasteiger partial charge in [0.1, 0.15) is 23.7 Å². The molecule has 0 bridgehead atoms. The largest absolute Gasteiger partial charge is 0.488 e. The Hall–Kier alpha value is -3.78. The number of anilines is 1. The van der Waals surface area contributed by atoms with E-state index in [0.29, 0.717) is 15.8 Å². The zero-order valence-corrected chi connectivity index (χ0v) is 19.1. The van der Waals surface area contributed by atoms with Gasteiger partial charge < -0.3 is 4.74 Å². The summed E-state index contributed by atoms with van der Waals surface area (Å²) in [6.45, 7) is 2.28. The molecule has 166 valence electrons. The first-order valence-corrected chi connectivity index (χ1v) is 10.8. The normalized spacial score (nSPS) is 15.1. The second-order valence-electron chi connectivity index (χ2n) is 7.39. The summed E-state index contributed by atoms with van der Waals surface area (Å²) >= 11 is 3.38. The topological polar surface area (TPSA) is 75.7 Å². The molecule has 1 fully saturated rings. The summed E-state index contributed by atoms with van der Waals surface area (Å²) in [6.07, 6.45) is 1.35. The lowest BCUT2D eigenvalue weighted by molar-refractivity contribution is -0.122. The molecule has 4 amide bonds. The van der Waals surface area contributed by atoms with Gasteiger partial charge in [0, 0.05) is 10.0 Å². The number of hydrogen-bond donors (Lipinski definition) is 1. The van der Waals surface area contributed by atoms with E-state index in [1.54, 1.807) is 18.2 Å². The van der Waals surface area contributed by atoms with Crippen LogP contribution in [0.15, 0.2) is 76.8 Å². The molecule has 1 aliphatic heterocycles. The minimum absolute atomic E-state index is 0.0148. The molecule has 1 saturated heterocycles. The van der Waals surface area contributed by atoms with Crippen molar-refractivity contribution < 1.29 is 23.5 Å². The van der Waals surface area contributed by atoms with E-state index in [4.69, 9.17) is 4.74 Å². The first kappa shape index (κ1) is 22.4. The number of barbiturate groups is 1. The number of urea groups is 1. The van der Waals surface area contributed by atoms with Crippen LogP contribution in [0.4, 0.5) is 14.9 Å². The molecular formula is C25H18BrFN2O4. The Morgan fingerprint density at radius 2 is 1.79 bits per heavy atom. The van der Waals surface area contributed by atoms with Crippen LogP contribution in [0.5, 0.6) is 5.75 Å². The third-order valence-electron chi connectivity index (χ3n) is 4.95. The molecule has 0 spiro atoms. The smallest absolute Gasteiger partial charge is 0.335 e. The monoisotopic (exact) mass is 508 g/mol. The number of ether oxygens (including phenoxy) is 1. The molecule has 6 nitrogen and oxygen atoms in total. The average molecular weight is 509 g/mol. The van der Waals surface area contributed by atoms with Gasteiger partial charge in [-0.2, -0.15) is 0 Å². The first-order valence-electron chi connectivity index (χ1n) is 9.97. The van der Waals surface area contributed by atoms with E-state index >= 15 is 0 Å². The van der Waals surface area contributed by atoms with Gasteiger partial charge in [-0.3, -0.25) is 14.9 Å². The van der Waals surface area contributed by atoms with E-state index in [2.05, 4.69) is 21.2 Å². The van der Waals surface area contributed by atoms with Crippen LogP contribution in [0.3, 0.4) is 0 Å². The highest BCUT2D eigenvalue weighted by atomic mass is 79.9. The fraction of sp³-hybridized carbons (Fsp3) is 0.0800. The Kier molecular flexibility index (Phi) is 6.37. The van der Waals surface area contributed by atoms with Crippen molar-refractivity contribution in [2.75, 3.05) is 4.90 Å². The summed E-state index contributed by atoms with van der Waals surface area (Å²) in [4.78, 5) is 38.6. The minimum atomic E-state index is -0.946. The average Bonchev–Trinajstić information content (AvgIpc) is 2.77. The van der Waals surface area contributed by atoms with Crippen LogP contribution in [-0.4, -0.2) is 17.8 Å². The van der Waals surface area contributed by atoms with E-state index in [1.165, 1.54) is 24.3 Å². The van der Waals surface area contributed by atoms with Crippen LogP contribution in [-0.2, 0) is 16.2 Å². The van der Waals surface area contributed by atoms with Crippen molar-refractivity contribution >= 4 is 45.5 Å². The van der Waals surface area contributed by atoms with Crippen molar-refractivity contribution in [3.8, 4) is 5.75 Å². The molecule has 0 radical (unpaired) electrons. The zero-order valence-electron chi connectivity index (χ0n) is 17.5. The van der Waals surface area contributed by atoms with Crippen LogP contribution in [0.1, 0.15) is 16.7 Å². The summed E-state index contributed by atoms with van der Waals surface area (Å²) in [7, 11) is 0. The Morgan fingerprint density at radius 1 is 1.03 bits per heavy atom. The number of nitrogens with one attached hydrogen (secondary N) is 1. The van der Waals surface area contributed by atoms with Gasteiger partial charge in [0.15, 0.2) is 0 Å². The molecule has 33 heavy (non-hydrogen) atoms. The van der Waals surface area contributed by atoms with Gasteiger partial charge in [-0.1, -0.05) is 51.8 Å². The number of hydrogen-bond acceptors (Lipinski definition) is 4. The SMILES string of the molecule is Cc1ccc(COc2ccc(Br)cc2/C=C2\C(=O)NC(=O)N(c3cccc(F)c3)C2=O)cc1. The van der Waals surface area contributed by atoms with Gasteiger partial charge in [0.05, 0.1) is 5.69 Å². The number of carbonyl (C=O) groups excluding carboxylic acids is 3. The van der Waals surface area contributed by atoms with Crippen molar-refractivity contribution in [3.63, 3.8) is 0 Å². The minimum Gasteiger partial charge on any atom is -0.488 e. The van der Waals surface area contributed by atoms with Crippen molar-refractivity contribution in [2.45, 2.75) is 13.5 Å². The first-order chi connectivity index (χ1) is 15.8. The van der Waals surface area contributed by atoms with Crippen molar-refractivity contribution in [1.29, 1.82) is 0 Å². The highest BCUT2D eigenvalue weighted by Gasteiger charge is 2.37. The van der Waals surface area contributed by atoms with Crippen molar-refractivity contribution in [1.82, 2.24) is 5.32 Å². The van der Waals surface area contributed by atoms with Crippen molar-refractivity contribution in [2.24, 2.45) is 0 Å². The van der Waals surface area contributed by atoms with Crippen LogP contribution >= 0.6 is 15.9 Å². The molecule has 4 rings (SSSR count). The Bertz CT molecular complexity index is 1290. The molecule has 1 N–H and O–H groups in total. The Morgan fingerprint density at radius 3 is 2.52 bits per heavy atom. The van der Waals surface area contributed by atoms with E-state index in [-0.39, 0.29) is 17.9 Å². The van der Waals surface area contributed by atoms with Crippen molar-refractivity contribution in [3.05, 3.63) is 99.3 Å². The van der Waals surface area contributed by atoms with Gasteiger partial charge in [-0.05, 0) is 55.0 Å². The molecule has 3 aromatic rings. The highest BCUT2D eigenvalue weighted by Crippen LogP contribution is 2.29. The second-order valence-corrected chi connectivity index (χ2v) is 8.31. The summed E-state index contributed by atoms with van der Waals surface area (Å²) in [6, 6.07) is 17.1. The molecule has 0 aromatic heterocycles. The van der Waals surface area contributed by atoms with Gasteiger partial charge in [0.25, 0.3) is 11.8 Å². The maximum Gasteiger partial charge on any atom is 0.335 e. The van der Waals surface area contributed by atoms with E-state index in [1.807, 2.05) is 31.2 Å². The molecule has 8 heteroatoms. The number of amides is 4. The maximum atomic E-state index is 13.7. The third kappa shape index (κ3) is 5.01. The lowest BCUT2D eigenvalue weighted by atomic mass is 10.1. The Balaban J connectivity index is 1.67. The second kappa shape index (κ2) is 9.38. The standard InChI is InChI=1S/C25H18BrFN2O4/c1-15-5-7-16(8-6-15)14-33-22-10-9-18(26)11-17(22)12-21-23(30)28-25(32)29(24(21)31)20-4-2-3-19(27)13-20/h2-13H,14H2,1H3,(H,28,30,32)/b21-12+. The number of aryl methyl sites for hydroxylation is 1. The number of halogens is 2. The van der Waals surface area contributed by atoms with Crippen LogP contribution in [0, 0.1) is 12.7 Å². The molecule has 0 saturated carbocycles. The Labute approximate surface area is 197 Å². The summed E-state index contributed by atoms with van der Waals surface area (Å²) in [5.74, 6) is -1.88. The fourth-order valence-corrected chi connectivity index (χ4v) is 3.65. The van der Waals surface area contributed by atoms with E-state index in [9.17, 15) is 18.8 Å². The molecule has 1 heterocycles. The molecular weight excluding hydrogens is 491 g/mol.